The molecule has 1 aromatic rings. The van der Waals surface area contributed by atoms with E-state index in [2.05, 4.69) is 20.5 Å². The number of urea groups is 1. The third-order valence-corrected chi connectivity index (χ3v) is 3.28. The lowest BCUT2D eigenvalue weighted by atomic mass is 10.2. The molecule has 0 saturated carbocycles. The zero-order valence-corrected chi connectivity index (χ0v) is 12.3. The van der Waals surface area contributed by atoms with Crippen LogP contribution < -0.4 is 15.4 Å². The van der Waals surface area contributed by atoms with Crippen LogP contribution in [0.3, 0.4) is 0 Å². The van der Waals surface area contributed by atoms with Gasteiger partial charge in [-0.25, -0.2) is 9.78 Å². The Morgan fingerprint density at radius 2 is 2.24 bits per heavy atom. The fourth-order valence-electron chi connectivity index (χ4n) is 2.07. The molecule has 0 spiro atoms. The lowest BCUT2D eigenvalue weighted by Gasteiger charge is -2.26. The number of nitrogens with one attached hydrogen (secondary N) is 2. The van der Waals surface area contributed by atoms with E-state index < -0.39 is 0 Å². The van der Waals surface area contributed by atoms with Crippen molar-refractivity contribution >= 4 is 6.03 Å². The average molecular weight is 294 g/mol. The number of hydrogen-bond acceptors (Lipinski definition) is 5. The van der Waals surface area contributed by atoms with Gasteiger partial charge >= 0.3 is 6.03 Å². The summed E-state index contributed by atoms with van der Waals surface area (Å²) in [7, 11) is 1.57. The summed E-state index contributed by atoms with van der Waals surface area (Å²) in [6.07, 6.45) is 1.66. The molecule has 0 radical (unpaired) electrons. The normalized spacial score (nSPS) is 15.5. The first-order valence-corrected chi connectivity index (χ1v) is 7.08. The van der Waals surface area contributed by atoms with Gasteiger partial charge < -0.3 is 20.1 Å². The molecule has 1 aliphatic rings. The van der Waals surface area contributed by atoms with Gasteiger partial charge in [-0.1, -0.05) is 0 Å². The van der Waals surface area contributed by atoms with Gasteiger partial charge in [0, 0.05) is 45.0 Å². The zero-order chi connectivity index (χ0) is 14.9. The third-order valence-electron chi connectivity index (χ3n) is 3.28. The van der Waals surface area contributed by atoms with Crippen molar-refractivity contribution in [3.63, 3.8) is 0 Å². The van der Waals surface area contributed by atoms with E-state index in [1.807, 2.05) is 6.07 Å². The minimum absolute atomic E-state index is 0.168. The van der Waals surface area contributed by atoms with Gasteiger partial charge in [0.05, 0.1) is 20.3 Å². The Bertz CT molecular complexity index is 450. The molecule has 2 rings (SSSR count). The summed E-state index contributed by atoms with van der Waals surface area (Å²) >= 11 is 0. The number of rotatable bonds is 6. The molecule has 0 aliphatic carbocycles. The highest BCUT2D eigenvalue weighted by Gasteiger charge is 2.10. The summed E-state index contributed by atoms with van der Waals surface area (Å²) in [6.45, 7) is 5.33. The lowest BCUT2D eigenvalue weighted by Crippen LogP contribution is -2.43. The van der Waals surface area contributed by atoms with Crippen LogP contribution in [-0.2, 0) is 11.3 Å². The van der Waals surface area contributed by atoms with E-state index in [9.17, 15) is 4.79 Å². The maximum atomic E-state index is 11.7. The first-order chi connectivity index (χ1) is 10.3. The Morgan fingerprint density at radius 3 is 3.00 bits per heavy atom. The second-order valence-electron chi connectivity index (χ2n) is 4.77. The van der Waals surface area contributed by atoms with Crippen LogP contribution in [0.2, 0.25) is 0 Å². The predicted molar refractivity (Wildman–Crippen MR) is 78.3 cm³/mol. The van der Waals surface area contributed by atoms with Gasteiger partial charge in [0.25, 0.3) is 0 Å². The summed E-state index contributed by atoms with van der Waals surface area (Å²) in [6, 6.07) is 3.48. The van der Waals surface area contributed by atoms with Crippen molar-refractivity contribution in [1.29, 1.82) is 0 Å². The van der Waals surface area contributed by atoms with Crippen molar-refractivity contribution in [3.8, 4) is 5.88 Å². The van der Waals surface area contributed by atoms with Gasteiger partial charge in [-0.3, -0.25) is 4.90 Å². The summed E-state index contributed by atoms with van der Waals surface area (Å²) < 4.78 is 10.3. The molecular weight excluding hydrogens is 272 g/mol. The molecule has 2 N–H and O–H groups in total. The maximum Gasteiger partial charge on any atom is 0.315 e. The predicted octanol–water partition coefficient (Wildman–Crippen LogP) is 0.222. The monoisotopic (exact) mass is 294 g/mol. The molecule has 2 heterocycles. The minimum Gasteiger partial charge on any atom is -0.481 e. The van der Waals surface area contributed by atoms with Crippen molar-refractivity contribution < 1.29 is 14.3 Å². The largest absolute Gasteiger partial charge is 0.481 e. The van der Waals surface area contributed by atoms with Crippen LogP contribution in [-0.4, -0.2) is 62.4 Å². The van der Waals surface area contributed by atoms with E-state index in [4.69, 9.17) is 9.47 Å². The number of nitrogens with zero attached hydrogens (tertiary/aromatic N) is 2. The summed E-state index contributed by atoms with van der Waals surface area (Å²) in [4.78, 5) is 18.0. The van der Waals surface area contributed by atoms with Gasteiger partial charge in [0.2, 0.25) is 5.88 Å². The van der Waals surface area contributed by atoms with Crippen LogP contribution in [0.5, 0.6) is 5.88 Å². The van der Waals surface area contributed by atoms with E-state index in [0.29, 0.717) is 19.0 Å². The van der Waals surface area contributed by atoms with Crippen molar-refractivity contribution in [2.75, 3.05) is 46.5 Å². The number of aromatic nitrogens is 1. The Labute approximate surface area is 124 Å². The van der Waals surface area contributed by atoms with Gasteiger partial charge in [0.1, 0.15) is 0 Å². The minimum atomic E-state index is -0.168. The Morgan fingerprint density at radius 1 is 1.43 bits per heavy atom. The van der Waals surface area contributed by atoms with E-state index in [1.165, 1.54) is 0 Å². The van der Waals surface area contributed by atoms with Crippen LogP contribution in [0.25, 0.3) is 0 Å². The second kappa shape index (κ2) is 8.43. The Kier molecular flexibility index (Phi) is 6.23. The molecule has 0 unspecified atom stereocenters. The molecule has 0 bridgehead atoms. The number of pyridine rings is 1. The van der Waals surface area contributed by atoms with Gasteiger partial charge in [-0.2, -0.15) is 0 Å². The first kappa shape index (κ1) is 15.5. The molecule has 116 valence electrons. The number of carbonyl (C=O) groups is 1. The number of amides is 2. The van der Waals surface area contributed by atoms with Gasteiger partial charge in [0.15, 0.2) is 0 Å². The number of morpholine rings is 1. The molecule has 2 amide bonds. The highest BCUT2D eigenvalue weighted by molar-refractivity contribution is 5.73. The van der Waals surface area contributed by atoms with Crippen LogP contribution in [0.1, 0.15) is 5.56 Å². The number of carbonyl (C=O) groups excluding carboxylic acids is 1. The smallest absolute Gasteiger partial charge is 0.315 e. The summed E-state index contributed by atoms with van der Waals surface area (Å²) in [5, 5.41) is 5.66. The average Bonchev–Trinajstić information content (AvgIpc) is 2.54. The quantitative estimate of drug-likeness (QED) is 0.785. The Hall–Kier alpha value is -1.86. The standard InChI is InChI=1S/C14H22N4O3/c1-20-13-10-12(2-3-15-13)11-17-14(19)16-4-5-18-6-8-21-9-7-18/h2-3,10H,4-9,11H2,1H3,(H2,16,17,19). The second-order valence-corrected chi connectivity index (χ2v) is 4.77. The van der Waals surface area contributed by atoms with Crippen molar-refractivity contribution in [2.24, 2.45) is 0 Å². The molecule has 1 fully saturated rings. The molecule has 0 atom stereocenters. The maximum absolute atomic E-state index is 11.7. The van der Waals surface area contributed by atoms with E-state index in [1.54, 1.807) is 19.4 Å². The number of ether oxygens (including phenoxy) is 2. The van der Waals surface area contributed by atoms with Gasteiger partial charge in [-0.15, -0.1) is 0 Å². The van der Waals surface area contributed by atoms with E-state index >= 15 is 0 Å². The molecule has 1 aromatic heterocycles. The van der Waals surface area contributed by atoms with Crippen molar-refractivity contribution in [3.05, 3.63) is 23.9 Å². The third kappa shape index (κ3) is 5.57. The highest BCUT2D eigenvalue weighted by atomic mass is 16.5. The summed E-state index contributed by atoms with van der Waals surface area (Å²) in [5.74, 6) is 0.544. The summed E-state index contributed by atoms with van der Waals surface area (Å²) in [5.41, 5.74) is 0.949. The number of hydrogen-bond donors (Lipinski definition) is 2. The molecule has 21 heavy (non-hydrogen) atoms. The van der Waals surface area contributed by atoms with Gasteiger partial charge in [-0.05, 0) is 11.6 Å². The molecule has 0 aromatic carbocycles. The van der Waals surface area contributed by atoms with Crippen molar-refractivity contribution in [2.45, 2.75) is 6.54 Å². The molecule has 7 heteroatoms. The zero-order valence-electron chi connectivity index (χ0n) is 12.3. The Balaban J connectivity index is 1.62. The fraction of sp³-hybridized carbons (Fsp3) is 0.571. The van der Waals surface area contributed by atoms with E-state index in [-0.39, 0.29) is 6.03 Å². The SMILES string of the molecule is COc1cc(CNC(=O)NCCN2CCOCC2)ccn1. The van der Waals surface area contributed by atoms with Crippen LogP contribution in [0.15, 0.2) is 18.3 Å². The van der Waals surface area contributed by atoms with E-state index in [0.717, 1.165) is 38.4 Å². The molecular formula is C14H22N4O3. The first-order valence-electron chi connectivity index (χ1n) is 7.08. The lowest BCUT2D eigenvalue weighted by molar-refractivity contribution is 0.0387. The van der Waals surface area contributed by atoms with Crippen molar-refractivity contribution in [1.82, 2.24) is 20.5 Å². The molecule has 1 saturated heterocycles. The topological polar surface area (TPSA) is 75.7 Å². The van der Waals surface area contributed by atoms with Crippen LogP contribution >= 0.6 is 0 Å². The van der Waals surface area contributed by atoms with Crippen LogP contribution in [0, 0.1) is 0 Å². The number of methoxy groups -OCH3 is 1. The highest BCUT2D eigenvalue weighted by Crippen LogP contribution is 2.07. The molecule has 7 nitrogen and oxygen atoms in total. The molecule has 1 aliphatic heterocycles. The fourth-order valence-corrected chi connectivity index (χ4v) is 2.07. The van der Waals surface area contributed by atoms with Crippen LogP contribution in [0.4, 0.5) is 4.79 Å².